The maximum Gasteiger partial charge on any atom is 0.133 e. The van der Waals surface area contributed by atoms with Gasteiger partial charge in [0.1, 0.15) is 7.85 Å². The van der Waals surface area contributed by atoms with Crippen LogP contribution < -0.4 is 0 Å². The number of hydrogen-bond donors (Lipinski definition) is 0. The molecular formula is C5H10BN. The zero-order chi connectivity index (χ0) is 5.11. The van der Waals surface area contributed by atoms with Crippen LogP contribution in [0.2, 0.25) is 0 Å². The van der Waals surface area contributed by atoms with Crippen molar-refractivity contribution in [3.8, 4) is 0 Å². The Morgan fingerprint density at radius 3 is 2.86 bits per heavy atom. The van der Waals surface area contributed by atoms with E-state index in [4.69, 9.17) is 0 Å². The molecule has 0 aromatic rings. The maximum absolute atomic E-state index is 4.20. The maximum atomic E-state index is 4.20. The summed E-state index contributed by atoms with van der Waals surface area (Å²) in [5.41, 5.74) is 0. The quantitative estimate of drug-likeness (QED) is 0.381. The molecule has 38 valence electrons. The topological polar surface area (TPSA) is 12.4 Å². The average molecular weight is 95.0 g/mol. The number of hydrogen-bond acceptors (Lipinski definition) is 1. The Kier molecular flexibility index (Phi) is 1.50. The van der Waals surface area contributed by atoms with Crippen molar-refractivity contribution >= 4 is 14.1 Å². The molecule has 0 bridgehead atoms. The van der Waals surface area contributed by atoms with Gasteiger partial charge in [-0.2, -0.15) is 0 Å². The fourth-order valence-corrected chi connectivity index (χ4v) is 0.834. The first-order chi connectivity index (χ1) is 3.39. The summed E-state index contributed by atoms with van der Waals surface area (Å²) in [7, 11) is 2.16. The van der Waals surface area contributed by atoms with Crippen LogP contribution in [0.3, 0.4) is 0 Å². The van der Waals surface area contributed by atoms with E-state index in [1.54, 1.807) is 0 Å². The average Bonchev–Trinajstić information content (AvgIpc) is 1.69. The summed E-state index contributed by atoms with van der Waals surface area (Å²) < 4.78 is 0. The Labute approximate surface area is 45.2 Å². The van der Waals surface area contributed by atoms with Gasteiger partial charge in [-0.05, 0) is 25.5 Å². The molecule has 1 unspecified atom stereocenters. The van der Waals surface area contributed by atoms with Crippen molar-refractivity contribution in [3.05, 3.63) is 0 Å². The summed E-state index contributed by atoms with van der Waals surface area (Å²) in [6.45, 7) is 0. The van der Waals surface area contributed by atoms with Crippen molar-refractivity contribution in [1.82, 2.24) is 0 Å². The number of rotatable bonds is 0. The Hall–Kier alpha value is -0.265. The van der Waals surface area contributed by atoms with Crippen LogP contribution in [0, 0.1) is 0 Å². The lowest BCUT2D eigenvalue weighted by Gasteiger charge is -2.08. The molecule has 0 aliphatic carbocycles. The number of aliphatic imine (C=N–C) groups is 1. The highest BCUT2D eigenvalue weighted by molar-refractivity contribution is 6.12. The molecule has 0 fully saturated rings. The van der Waals surface area contributed by atoms with Crippen LogP contribution in [0.1, 0.15) is 19.3 Å². The van der Waals surface area contributed by atoms with Gasteiger partial charge in [0, 0.05) is 5.94 Å². The van der Waals surface area contributed by atoms with Crippen LogP contribution in [0.5, 0.6) is 0 Å². The van der Waals surface area contributed by atoms with Gasteiger partial charge in [-0.3, -0.25) is 0 Å². The minimum atomic E-state index is 0.605. The summed E-state index contributed by atoms with van der Waals surface area (Å²) in [6.07, 6.45) is 5.86. The molecule has 0 aromatic heterocycles. The molecule has 0 N–H and O–H groups in total. The second-order valence-corrected chi connectivity index (χ2v) is 2.11. The first-order valence-corrected chi connectivity index (χ1v) is 2.91. The fraction of sp³-hybridized carbons (Fsp3) is 0.800. The Morgan fingerprint density at radius 2 is 2.57 bits per heavy atom. The van der Waals surface area contributed by atoms with E-state index in [1.165, 1.54) is 19.3 Å². The van der Waals surface area contributed by atoms with Crippen molar-refractivity contribution < 1.29 is 0 Å². The molecule has 0 aromatic carbocycles. The van der Waals surface area contributed by atoms with E-state index >= 15 is 0 Å². The first-order valence-electron chi connectivity index (χ1n) is 2.91. The van der Waals surface area contributed by atoms with E-state index in [0.717, 1.165) is 0 Å². The minimum absolute atomic E-state index is 0.605. The van der Waals surface area contributed by atoms with Crippen LogP contribution in [0.15, 0.2) is 4.99 Å². The van der Waals surface area contributed by atoms with Gasteiger partial charge in [0.15, 0.2) is 0 Å². The lowest BCUT2D eigenvalue weighted by molar-refractivity contribution is 0.704. The predicted octanol–water partition coefficient (Wildman–Crippen LogP) is 0.200. The van der Waals surface area contributed by atoms with Gasteiger partial charge in [-0.15, -0.1) is 0 Å². The van der Waals surface area contributed by atoms with Gasteiger partial charge < -0.3 is 4.99 Å². The lowest BCUT2D eigenvalue weighted by Crippen LogP contribution is -2.07. The Morgan fingerprint density at radius 1 is 1.71 bits per heavy atom. The molecule has 0 radical (unpaired) electrons. The predicted molar refractivity (Wildman–Crippen MR) is 34.7 cm³/mol. The molecule has 1 nitrogen and oxygen atoms in total. The molecule has 7 heavy (non-hydrogen) atoms. The van der Waals surface area contributed by atoms with E-state index in [1.807, 2.05) is 6.21 Å². The zero-order valence-electron chi connectivity index (χ0n) is 4.72. The monoisotopic (exact) mass is 95.1 g/mol. The molecule has 1 rings (SSSR count). The third-order valence-electron chi connectivity index (χ3n) is 1.32. The highest BCUT2D eigenvalue weighted by Crippen LogP contribution is 2.04. The first kappa shape index (κ1) is 4.88. The van der Waals surface area contributed by atoms with E-state index in [-0.39, 0.29) is 0 Å². The molecule has 2 heteroatoms. The molecular weight excluding hydrogens is 84.9 g/mol. The zero-order valence-corrected chi connectivity index (χ0v) is 4.72. The molecule has 1 atom stereocenters. The van der Waals surface area contributed by atoms with Gasteiger partial charge in [0.2, 0.25) is 0 Å². The molecule has 1 aliphatic heterocycles. The summed E-state index contributed by atoms with van der Waals surface area (Å²) in [5.74, 6) is 0.605. The van der Waals surface area contributed by atoms with Crippen molar-refractivity contribution in [3.63, 3.8) is 0 Å². The van der Waals surface area contributed by atoms with E-state index in [2.05, 4.69) is 12.8 Å². The second-order valence-electron chi connectivity index (χ2n) is 2.11. The largest absolute Gasteiger partial charge is 0.303 e. The van der Waals surface area contributed by atoms with Gasteiger partial charge >= 0.3 is 0 Å². The van der Waals surface area contributed by atoms with Crippen molar-refractivity contribution in [2.75, 3.05) is 0 Å². The van der Waals surface area contributed by atoms with Crippen LogP contribution >= 0.6 is 0 Å². The second kappa shape index (κ2) is 2.15. The van der Waals surface area contributed by atoms with Crippen LogP contribution in [-0.4, -0.2) is 20.0 Å². The van der Waals surface area contributed by atoms with Gasteiger partial charge in [-0.1, -0.05) is 0 Å². The van der Waals surface area contributed by atoms with Crippen LogP contribution in [-0.2, 0) is 0 Å². The summed E-state index contributed by atoms with van der Waals surface area (Å²) in [4.78, 5) is 4.20. The van der Waals surface area contributed by atoms with Gasteiger partial charge in [-0.25, -0.2) is 0 Å². The molecule has 0 amide bonds. The molecule has 1 heterocycles. The molecule has 0 saturated carbocycles. The van der Waals surface area contributed by atoms with E-state index in [9.17, 15) is 0 Å². The van der Waals surface area contributed by atoms with Gasteiger partial charge in [0.05, 0.1) is 0 Å². The highest BCUT2D eigenvalue weighted by atomic mass is 14.7. The number of nitrogens with zero attached hydrogens (tertiary/aromatic N) is 1. The van der Waals surface area contributed by atoms with Crippen LogP contribution in [0.25, 0.3) is 0 Å². The molecule has 1 aliphatic rings. The fourth-order valence-electron chi connectivity index (χ4n) is 0.834. The van der Waals surface area contributed by atoms with E-state index < -0.39 is 0 Å². The summed E-state index contributed by atoms with van der Waals surface area (Å²) in [6, 6.07) is 0. The summed E-state index contributed by atoms with van der Waals surface area (Å²) in [5, 5.41) is 0. The highest BCUT2D eigenvalue weighted by Gasteiger charge is 2.00. The Balaban J connectivity index is 2.36. The molecule has 0 spiro atoms. The Bertz CT molecular complexity index is 80.1. The van der Waals surface area contributed by atoms with Crippen molar-refractivity contribution in [2.24, 2.45) is 4.99 Å². The van der Waals surface area contributed by atoms with Gasteiger partial charge in [0.25, 0.3) is 0 Å². The smallest absolute Gasteiger partial charge is 0.133 e. The SMILES string of the molecule is BC1CCCC=N1. The van der Waals surface area contributed by atoms with Crippen molar-refractivity contribution in [1.29, 1.82) is 0 Å². The third kappa shape index (κ3) is 1.34. The summed E-state index contributed by atoms with van der Waals surface area (Å²) >= 11 is 0. The van der Waals surface area contributed by atoms with E-state index in [0.29, 0.717) is 5.94 Å². The lowest BCUT2D eigenvalue weighted by atomic mass is 9.90. The minimum Gasteiger partial charge on any atom is -0.303 e. The molecule has 0 saturated heterocycles. The third-order valence-corrected chi connectivity index (χ3v) is 1.32. The standard InChI is InChI=1S/C5H10BN/c6-5-3-1-2-4-7-5/h4-5H,1-3,6H2. The van der Waals surface area contributed by atoms with Crippen LogP contribution in [0.4, 0.5) is 0 Å². The van der Waals surface area contributed by atoms with Crippen molar-refractivity contribution in [2.45, 2.75) is 25.2 Å². The normalized spacial score (nSPS) is 30.6.